The molecular formula is C15H27N. The summed E-state index contributed by atoms with van der Waals surface area (Å²) in [6, 6.07) is 0.885. The standard InChI is InChI=1S/C15H27N/c1-2-10-16-14(9-8-11-6-7-11)15-12-4-3-5-13(12)15/h11-16H,2-10H2,1H3. The van der Waals surface area contributed by atoms with Crippen LogP contribution in [0.2, 0.25) is 0 Å². The Bertz CT molecular complexity index is 224. The Hall–Kier alpha value is -0.0400. The van der Waals surface area contributed by atoms with Gasteiger partial charge in [-0.1, -0.05) is 26.2 Å². The molecule has 0 heterocycles. The first-order valence-corrected chi connectivity index (χ1v) is 7.63. The average Bonchev–Trinajstić information content (AvgIpc) is 3.20. The molecule has 3 saturated carbocycles. The van der Waals surface area contributed by atoms with Crippen molar-refractivity contribution in [2.75, 3.05) is 6.54 Å². The van der Waals surface area contributed by atoms with Gasteiger partial charge in [-0.3, -0.25) is 0 Å². The maximum Gasteiger partial charge on any atom is 0.0101 e. The topological polar surface area (TPSA) is 12.0 Å². The molecule has 0 spiro atoms. The van der Waals surface area contributed by atoms with Crippen LogP contribution in [0.4, 0.5) is 0 Å². The molecule has 0 aliphatic heterocycles. The Morgan fingerprint density at radius 1 is 1.12 bits per heavy atom. The van der Waals surface area contributed by atoms with E-state index in [1.54, 1.807) is 12.8 Å². The maximum absolute atomic E-state index is 3.84. The van der Waals surface area contributed by atoms with E-state index in [0.29, 0.717) is 0 Å². The van der Waals surface area contributed by atoms with Crippen LogP contribution in [0.1, 0.15) is 58.3 Å². The molecule has 1 nitrogen and oxygen atoms in total. The Morgan fingerprint density at radius 3 is 2.50 bits per heavy atom. The summed E-state index contributed by atoms with van der Waals surface area (Å²) < 4.78 is 0. The molecule has 0 aromatic carbocycles. The molecule has 0 radical (unpaired) electrons. The van der Waals surface area contributed by atoms with Gasteiger partial charge < -0.3 is 5.32 Å². The van der Waals surface area contributed by atoms with E-state index >= 15 is 0 Å². The van der Waals surface area contributed by atoms with Crippen molar-refractivity contribution < 1.29 is 0 Å². The van der Waals surface area contributed by atoms with E-state index in [2.05, 4.69) is 12.2 Å². The van der Waals surface area contributed by atoms with Crippen molar-refractivity contribution in [1.82, 2.24) is 5.32 Å². The molecule has 0 amide bonds. The summed E-state index contributed by atoms with van der Waals surface area (Å²) in [5, 5.41) is 3.84. The molecular weight excluding hydrogens is 194 g/mol. The summed E-state index contributed by atoms with van der Waals surface area (Å²) in [4.78, 5) is 0. The molecule has 3 fully saturated rings. The highest BCUT2D eigenvalue weighted by atomic mass is 14.9. The minimum Gasteiger partial charge on any atom is -0.314 e. The van der Waals surface area contributed by atoms with E-state index in [4.69, 9.17) is 0 Å². The van der Waals surface area contributed by atoms with E-state index in [9.17, 15) is 0 Å². The SMILES string of the molecule is CCCNC(CCC1CC1)C1C2CCCC21. The van der Waals surface area contributed by atoms with Crippen molar-refractivity contribution in [3.05, 3.63) is 0 Å². The van der Waals surface area contributed by atoms with Gasteiger partial charge in [0.25, 0.3) is 0 Å². The summed E-state index contributed by atoms with van der Waals surface area (Å²) in [5.41, 5.74) is 0. The van der Waals surface area contributed by atoms with Gasteiger partial charge in [0, 0.05) is 6.04 Å². The number of hydrogen-bond acceptors (Lipinski definition) is 1. The predicted octanol–water partition coefficient (Wildman–Crippen LogP) is 3.59. The van der Waals surface area contributed by atoms with E-state index in [0.717, 1.165) is 29.7 Å². The van der Waals surface area contributed by atoms with Gasteiger partial charge in [0.15, 0.2) is 0 Å². The highest BCUT2D eigenvalue weighted by molar-refractivity contribution is 5.06. The van der Waals surface area contributed by atoms with Crippen molar-refractivity contribution in [3.8, 4) is 0 Å². The van der Waals surface area contributed by atoms with Crippen molar-refractivity contribution >= 4 is 0 Å². The molecule has 3 aliphatic carbocycles. The van der Waals surface area contributed by atoms with Crippen LogP contribution >= 0.6 is 0 Å². The fourth-order valence-corrected chi connectivity index (χ4v) is 4.06. The molecule has 0 aromatic rings. The van der Waals surface area contributed by atoms with Crippen molar-refractivity contribution in [3.63, 3.8) is 0 Å². The van der Waals surface area contributed by atoms with Gasteiger partial charge in [-0.05, 0) is 62.3 Å². The van der Waals surface area contributed by atoms with Crippen LogP contribution in [-0.4, -0.2) is 12.6 Å². The lowest BCUT2D eigenvalue weighted by Crippen LogP contribution is -2.33. The van der Waals surface area contributed by atoms with Gasteiger partial charge in [0.1, 0.15) is 0 Å². The maximum atomic E-state index is 3.84. The molecule has 3 unspecified atom stereocenters. The Labute approximate surface area is 100 Å². The third-order valence-corrected chi connectivity index (χ3v) is 5.18. The van der Waals surface area contributed by atoms with Crippen molar-refractivity contribution in [2.45, 2.75) is 64.3 Å². The zero-order chi connectivity index (χ0) is 11.0. The zero-order valence-corrected chi connectivity index (χ0v) is 10.8. The minimum absolute atomic E-state index is 0.885. The minimum atomic E-state index is 0.885. The summed E-state index contributed by atoms with van der Waals surface area (Å²) in [5.74, 6) is 4.46. The fraction of sp³-hybridized carbons (Fsp3) is 1.00. The van der Waals surface area contributed by atoms with Crippen molar-refractivity contribution in [2.24, 2.45) is 23.7 Å². The largest absolute Gasteiger partial charge is 0.314 e. The van der Waals surface area contributed by atoms with E-state index in [-0.39, 0.29) is 0 Å². The van der Waals surface area contributed by atoms with Crippen LogP contribution in [0.3, 0.4) is 0 Å². The number of rotatable bonds is 7. The first-order valence-electron chi connectivity index (χ1n) is 7.63. The van der Waals surface area contributed by atoms with Crippen LogP contribution < -0.4 is 5.32 Å². The summed E-state index contributed by atoms with van der Waals surface area (Å²) in [7, 11) is 0. The van der Waals surface area contributed by atoms with Gasteiger partial charge in [-0.15, -0.1) is 0 Å². The Morgan fingerprint density at radius 2 is 1.88 bits per heavy atom. The van der Waals surface area contributed by atoms with Crippen LogP contribution in [0.15, 0.2) is 0 Å². The second-order valence-electron chi connectivity index (χ2n) is 6.42. The first kappa shape index (κ1) is 11.1. The third kappa shape index (κ3) is 2.30. The lowest BCUT2D eigenvalue weighted by Gasteiger charge is -2.20. The second kappa shape index (κ2) is 4.68. The third-order valence-electron chi connectivity index (χ3n) is 5.18. The molecule has 0 aromatic heterocycles. The zero-order valence-electron chi connectivity index (χ0n) is 10.8. The Kier molecular flexibility index (Phi) is 3.24. The lowest BCUT2D eigenvalue weighted by atomic mass is 9.98. The molecule has 3 atom stereocenters. The molecule has 1 N–H and O–H groups in total. The molecule has 92 valence electrons. The van der Waals surface area contributed by atoms with Crippen LogP contribution in [-0.2, 0) is 0 Å². The molecule has 3 aliphatic rings. The fourth-order valence-electron chi connectivity index (χ4n) is 4.06. The average molecular weight is 221 g/mol. The molecule has 1 heteroatoms. The van der Waals surface area contributed by atoms with Gasteiger partial charge in [0.2, 0.25) is 0 Å². The monoisotopic (exact) mass is 221 g/mol. The molecule has 3 rings (SSSR count). The van der Waals surface area contributed by atoms with Gasteiger partial charge >= 0.3 is 0 Å². The van der Waals surface area contributed by atoms with Crippen LogP contribution in [0.5, 0.6) is 0 Å². The number of fused-ring (bicyclic) bond motifs is 1. The summed E-state index contributed by atoms with van der Waals surface area (Å²) >= 11 is 0. The van der Waals surface area contributed by atoms with E-state index in [1.807, 2.05) is 0 Å². The van der Waals surface area contributed by atoms with Crippen LogP contribution in [0, 0.1) is 23.7 Å². The van der Waals surface area contributed by atoms with Crippen molar-refractivity contribution in [1.29, 1.82) is 0 Å². The number of hydrogen-bond donors (Lipinski definition) is 1. The molecule has 0 saturated heterocycles. The Balaban J connectivity index is 1.47. The number of nitrogens with one attached hydrogen (secondary N) is 1. The highest BCUT2D eigenvalue weighted by Crippen LogP contribution is 2.59. The molecule has 16 heavy (non-hydrogen) atoms. The predicted molar refractivity (Wildman–Crippen MR) is 68.4 cm³/mol. The van der Waals surface area contributed by atoms with Gasteiger partial charge in [0.05, 0.1) is 0 Å². The highest BCUT2D eigenvalue weighted by Gasteiger charge is 2.55. The summed E-state index contributed by atoms with van der Waals surface area (Å²) in [6.45, 7) is 3.53. The van der Waals surface area contributed by atoms with E-state index < -0.39 is 0 Å². The normalized spacial score (nSPS) is 38.4. The second-order valence-corrected chi connectivity index (χ2v) is 6.42. The quantitative estimate of drug-likeness (QED) is 0.693. The van der Waals surface area contributed by atoms with E-state index in [1.165, 1.54) is 45.1 Å². The lowest BCUT2D eigenvalue weighted by molar-refractivity contribution is 0.371. The molecule has 0 bridgehead atoms. The van der Waals surface area contributed by atoms with Gasteiger partial charge in [-0.2, -0.15) is 0 Å². The smallest absolute Gasteiger partial charge is 0.0101 e. The summed E-state index contributed by atoms with van der Waals surface area (Å²) in [6.07, 6.45) is 11.9. The first-order chi connectivity index (χ1) is 7.90. The van der Waals surface area contributed by atoms with Crippen LogP contribution in [0.25, 0.3) is 0 Å². The van der Waals surface area contributed by atoms with Gasteiger partial charge in [-0.25, -0.2) is 0 Å².